The molecule has 2 aromatic heterocycles. The topological polar surface area (TPSA) is 113 Å². The number of nitrogens with zero attached hydrogens (tertiary/aromatic N) is 4. The fourth-order valence-corrected chi connectivity index (χ4v) is 1.91. The van der Waals surface area contributed by atoms with E-state index in [1.54, 1.807) is 0 Å². The second kappa shape index (κ2) is 4.79. The van der Waals surface area contributed by atoms with Gasteiger partial charge >= 0.3 is 21.3 Å². The highest BCUT2D eigenvalue weighted by Gasteiger charge is 2.49. The highest BCUT2D eigenvalue weighted by molar-refractivity contribution is 7.87. The minimum atomic E-state index is -5.93. The van der Waals surface area contributed by atoms with E-state index >= 15 is 0 Å². The molecule has 0 radical (unpaired) electrons. The Hall–Kier alpha value is -2.44. The molecular formula is C9H7F3N4O5S. The van der Waals surface area contributed by atoms with Crippen molar-refractivity contribution < 1.29 is 25.8 Å². The van der Waals surface area contributed by atoms with E-state index in [0.717, 1.165) is 4.57 Å². The highest BCUT2D eigenvalue weighted by atomic mass is 32.2. The van der Waals surface area contributed by atoms with Crippen LogP contribution in [-0.2, 0) is 24.2 Å². The maximum atomic E-state index is 12.2. The molecule has 0 aliphatic rings. The summed E-state index contributed by atoms with van der Waals surface area (Å²) in [6.45, 7) is 0. The molecule has 0 aliphatic heterocycles. The van der Waals surface area contributed by atoms with Crippen molar-refractivity contribution in [2.45, 2.75) is 5.51 Å². The molecule has 0 atom stereocenters. The van der Waals surface area contributed by atoms with E-state index < -0.39 is 38.4 Å². The Balaban J connectivity index is 2.67. The highest BCUT2D eigenvalue weighted by Crippen LogP contribution is 2.25. The summed E-state index contributed by atoms with van der Waals surface area (Å²) in [5, 5.41) is 0. The van der Waals surface area contributed by atoms with Crippen molar-refractivity contribution in [3.8, 4) is 5.88 Å². The maximum Gasteiger partial charge on any atom is 0.534 e. The first kappa shape index (κ1) is 15.9. The van der Waals surface area contributed by atoms with Crippen molar-refractivity contribution in [2.24, 2.45) is 14.1 Å². The van der Waals surface area contributed by atoms with Gasteiger partial charge in [0.15, 0.2) is 11.2 Å². The summed E-state index contributed by atoms with van der Waals surface area (Å²) in [5.74, 6) is -1.02. The summed E-state index contributed by atoms with van der Waals surface area (Å²) >= 11 is 0. The van der Waals surface area contributed by atoms with Gasteiger partial charge in [0.05, 0.1) is 6.20 Å². The Morgan fingerprint density at radius 1 is 1.18 bits per heavy atom. The van der Waals surface area contributed by atoms with Gasteiger partial charge in [0, 0.05) is 14.1 Å². The molecule has 22 heavy (non-hydrogen) atoms. The SMILES string of the molecule is Cn1c(=O)c2ncc(OS(=O)(=O)C(F)(F)F)nc2n(C)c1=O. The van der Waals surface area contributed by atoms with Crippen LogP contribution in [0.25, 0.3) is 11.2 Å². The summed E-state index contributed by atoms with van der Waals surface area (Å²) < 4.78 is 63.8. The predicted octanol–water partition coefficient (Wildman–Crippen LogP) is -0.744. The molecule has 0 amide bonds. The standard InChI is InChI=1S/C9H7F3N4O5S/c1-15-6-5(7(17)16(2)8(15)18)13-3-4(14-6)21-22(19,20)9(10,11)12/h3H,1-2H3. The van der Waals surface area contributed by atoms with E-state index in [1.807, 2.05) is 0 Å². The quantitative estimate of drug-likeness (QED) is 0.522. The van der Waals surface area contributed by atoms with Gasteiger partial charge in [-0.1, -0.05) is 0 Å². The van der Waals surface area contributed by atoms with Gasteiger partial charge < -0.3 is 4.18 Å². The smallest absolute Gasteiger partial charge is 0.353 e. The zero-order valence-electron chi connectivity index (χ0n) is 10.9. The Labute approximate surface area is 119 Å². The van der Waals surface area contributed by atoms with Crippen LogP contribution in [0.1, 0.15) is 0 Å². The normalized spacial score (nSPS) is 12.6. The number of hydrogen-bond acceptors (Lipinski definition) is 7. The molecule has 0 unspecified atom stereocenters. The van der Waals surface area contributed by atoms with E-state index in [4.69, 9.17) is 0 Å². The number of hydrogen-bond donors (Lipinski definition) is 0. The summed E-state index contributed by atoms with van der Waals surface area (Å²) in [4.78, 5) is 30.4. The first-order valence-corrected chi connectivity index (χ1v) is 6.80. The van der Waals surface area contributed by atoms with E-state index in [9.17, 15) is 31.2 Å². The average molecular weight is 340 g/mol. The lowest BCUT2D eigenvalue weighted by molar-refractivity contribution is -0.0501. The van der Waals surface area contributed by atoms with Crippen molar-refractivity contribution in [3.05, 3.63) is 27.0 Å². The van der Waals surface area contributed by atoms with Crippen LogP contribution >= 0.6 is 0 Å². The van der Waals surface area contributed by atoms with Gasteiger partial charge in [0.25, 0.3) is 11.4 Å². The van der Waals surface area contributed by atoms with Crippen LogP contribution in [0.15, 0.2) is 15.8 Å². The number of aromatic nitrogens is 4. The molecule has 0 aromatic carbocycles. The predicted molar refractivity (Wildman–Crippen MR) is 65.6 cm³/mol. The number of fused-ring (bicyclic) bond motifs is 1. The van der Waals surface area contributed by atoms with E-state index in [0.29, 0.717) is 10.8 Å². The molecule has 120 valence electrons. The molecule has 2 rings (SSSR count). The lowest BCUT2D eigenvalue weighted by Crippen LogP contribution is -2.37. The minimum Gasteiger partial charge on any atom is -0.353 e. The van der Waals surface area contributed by atoms with Crippen LogP contribution in [-0.4, -0.2) is 33.0 Å². The van der Waals surface area contributed by atoms with Crippen molar-refractivity contribution in [3.63, 3.8) is 0 Å². The third kappa shape index (κ3) is 2.43. The number of halogens is 3. The monoisotopic (exact) mass is 340 g/mol. The number of rotatable bonds is 2. The zero-order valence-corrected chi connectivity index (χ0v) is 11.8. The number of aryl methyl sites for hydroxylation is 1. The largest absolute Gasteiger partial charge is 0.534 e. The first-order valence-electron chi connectivity index (χ1n) is 5.39. The number of alkyl halides is 3. The second-order valence-electron chi connectivity index (χ2n) is 4.07. The van der Waals surface area contributed by atoms with Crippen LogP contribution in [0.4, 0.5) is 13.2 Å². The maximum absolute atomic E-state index is 12.2. The van der Waals surface area contributed by atoms with Crippen LogP contribution in [0.2, 0.25) is 0 Å². The molecule has 0 aliphatic carbocycles. The molecular weight excluding hydrogens is 333 g/mol. The fourth-order valence-electron chi connectivity index (χ4n) is 1.51. The van der Waals surface area contributed by atoms with Gasteiger partial charge in [-0.15, -0.1) is 0 Å². The average Bonchev–Trinajstić information content (AvgIpc) is 2.41. The van der Waals surface area contributed by atoms with Crippen LogP contribution in [0.5, 0.6) is 5.88 Å². The van der Waals surface area contributed by atoms with Gasteiger partial charge in [0.2, 0.25) is 0 Å². The van der Waals surface area contributed by atoms with Gasteiger partial charge in [-0.2, -0.15) is 26.6 Å². The molecule has 13 heteroatoms. The third-order valence-corrected chi connectivity index (χ3v) is 3.57. The van der Waals surface area contributed by atoms with Crippen LogP contribution < -0.4 is 15.4 Å². The van der Waals surface area contributed by atoms with Gasteiger partial charge in [-0.3, -0.25) is 13.9 Å². The molecule has 0 fully saturated rings. The Morgan fingerprint density at radius 2 is 1.77 bits per heavy atom. The lowest BCUT2D eigenvalue weighted by atomic mass is 10.5. The van der Waals surface area contributed by atoms with E-state index in [1.165, 1.54) is 14.1 Å². The Morgan fingerprint density at radius 3 is 2.32 bits per heavy atom. The molecule has 0 saturated carbocycles. The van der Waals surface area contributed by atoms with Crippen LogP contribution in [0.3, 0.4) is 0 Å². The molecule has 2 heterocycles. The lowest BCUT2D eigenvalue weighted by Gasteiger charge is -2.10. The fraction of sp³-hybridized carbons (Fsp3) is 0.333. The van der Waals surface area contributed by atoms with E-state index in [-0.39, 0.29) is 5.52 Å². The van der Waals surface area contributed by atoms with E-state index in [2.05, 4.69) is 14.2 Å². The summed E-state index contributed by atoms with van der Waals surface area (Å²) in [7, 11) is -3.58. The van der Waals surface area contributed by atoms with Gasteiger partial charge in [-0.25, -0.2) is 9.78 Å². The molecule has 0 N–H and O–H groups in total. The molecule has 0 spiro atoms. The summed E-state index contributed by atoms with van der Waals surface area (Å²) in [6, 6.07) is 0. The molecule has 9 nitrogen and oxygen atoms in total. The van der Waals surface area contributed by atoms with Crippen molar-refractivity contribution in [2.75, 3.05) is 0 Å². The van der Waals surface area contributed by atoms with Gasteiger partial charge in [-0.05, 0) is 0 Å². The summed E-state index contributed by atoms with van der Waals surface area (Å²) in [5.41, 5.74) is -8.05. The molecule has 2 aromatic rings. The van der Waals surface area contributed by atoms with Gasteiger partial charge in [0.1, 0.15) is 0 Å². The Bertz CT molecular complexity index is 976. The molecule has 0 bridgehead atoms. The van der Waals surface area contributed by atoms with Crippen LogP contribution in [0, 0.1) is 0 Å². The van der Waals surface area contributed by atoms with Crippen molar-refractivity contribution in [1.82, 2.24) is 19.1 Å². The first-order chi connectivity index (χ1) is 9.95. The van der Waals surface area contributed by atoms with Crippen molar-refractivity contribution in [1.29, 1.82) is 0 Å². The minimum absolute atomic E-state index is 0.332. The van der Waals surface area contributed by atoms with Crippen molar-refractivity contribution >= 4 is 21.3 Å². The Kier molecular flexibility index (Phi) is 3.47. The third-order valence-electron chi connectivity index (χ3n) is 2.61. The molecule has 0 saturated heterocycles. The summed E-state index contributed by atoms with van der Waals surface area (Å²) in [6.07, 6.45) is 0.539. The zero-order chi connectivity index (χ0) is 16.9. The second-order valence-corrected chi connectivity index (χ2v) is 5.61.